The quantitative estimate of drug-likeness (QED) is 0.0352. The van der Waals surface area contributed by atoms with Gasteiger partial charge in [0.1, 0.15) is 17.3 Å². The maximum Gasteiger partial charge on any atom is 0.407 e. The molecule has 0 aromatic carbocycles. The molecule has 11 nitrogen and oxygen atoms in total. The Labute approximate surface area is 310 Å². The number of terminal acetylenes is 1. The number of nitrogens with one attached hydrogen (secondary N) is 2. The Hall–Kier alpha value is -2.30. The maximum absolute atomic E-state index is 12.8. The van der Waals surface area contributed by atoms with Gasteiger partial charge in [0.15, 0.2) is 6.61 Å². The summed E-state index contributed by atoms with van der Waals surface area (Å²) in [6.07, 6.45) is 10.8. The molecular weight excluding hydrogens is 681 g/mol. The summed E-state index contributed by atoms with van der Waals surface area (Å²) in [6.45, 7) is 16.1. The lowest BCUT2D eigenvalue weighted by Crippen LogP contribution is -2.33. The zero-order valence-corrected chi connectivity index (χ0v) is 33.6. The van der Waals surface area contributed by atoms with Crippen molar-refractivity contribution in [3.63, 3.8) is 0 Å². The number of aliphatic hydroxyl groups excluding tert-OH is 1. The van der Waals surface area contributed by atoms with E-state index < -0.39 is 29.5 Å². The maximum atomic E-state index is 12.8. The Kier molecular flexibility index (Phi) is 26.1. The van der Waals surface area contributed by atoms with Gasteiger partial charge in [-0.15, -0.1) is 6.42 Å². The van der Waals surface area contributed by atoms with Gasteiger partial charge in [-0.05, 0) is 106 Å². The van der Waals surface area contributed by atoms with Crippen molar-refractivity contribution in [2.45, 2.75) is 166 Å². The number of hydrogen-bond donors (Lipinski definition) is 3. The molecule has 0 rings (SSSR count). The topological polar surface area (TPSA) is 149 Å². The summed E-state index contributed by atoms with van der Waals surface area (Å²) in [4.78, 5) is 48.5. The van der Waals surface area contributed by atoms with Gasteiger partial charge in [-0.25, -0.2) is 9.59 Å². The number of ether oxygens (including phenoxy) is 4. The van der Waals surface area contributed by atoms with E-state index in [0.29, 0.717) is 62.1 Å². The number of amides is 2. The third-order valence-electron chi connectivity index (χ3n) is 7.23. The van der Waals surface area contributed by atoms with E-state index in [1.54, 1.807) is 23.5 Å². The average Bonchev–Trinajstić information content (AvgIpc) is 3.01. The fraction of sp³-hybridized carbons (Fsp3) is 0.838. The molecule has 2 amide bonds. The van der Waals surface area contributed by atoms with Crippen molar-refractivity contribution in [2.24, 2.45) is 0 Å². The van der Waals surface area contributed by atoms with E-state index in [0.717, 1.165) is 37.2 Å². The van der Waals surface area contributed by atoms with Crippen LogP contribution >= 0.6 is 23.5 Å². The van der Waals surface area contributed by atoms with Crippen LogP contribution in [0.1, 0.15) is 132 Å². The van der Waals surface area contributed by atoms with Crippen molar-refractivity contribution in [1.29, 1.82) is 0 Å². The van der Waals surface area contributed by atoms with E-state index in [1.807, 2.05) is 41.5 Å². The number of carbonyl (C=O) groups excluding carboxylic acids is 4. The molecule has 13 heteroatoms. The molecule has 4 unspecified atom stereocenters. The van der Waals surface area contributed by atoms with Gasteiger partial charge in [0.2, 0.25) is 0 Å². The summed E-state index contributed by atoms with van der Waals surface area (Å²) in [5.74, 6) is 3.09. The standard InChI is InChI=1S/C37H66N2O9S2/c1-10-25-45-32(41)17-14-16-29(20-22-31(12-3)50-27-24-39-35(44)48-37(7,8)9)46-33(42)18-13-15-28(40)19-21-30(11-2)49-26-23-38-34(43)47-36(4,5)6/h1,28-31,40H,11-27H2,2-9H3,(H,38,43)(H,39,44). The molecule has 0 bridgehead atoms. The van der Waals surface area contributed by atoms with Crippen LogP contribution in [0.5, 0.6) is 0 Å². The fourth-order valence-electron chi connectivity index (χ4n) is 4.75. The van der Waals surface area contributed by atoms with Crippen molar-refractivity contribution < 1.29 is 43.2 Å². The van der Waals surface area contributed by atoms with E-state index >= 15 is 0 Å². The van der Waals surface area contributed by atoms with Gasteiger partial charge in [-0.3, -0.25) is 9.59 Å². The predicted octanol–water partition coefficient (Wildman–Crippen LogP) is 7.41. The van der Waals surface area contributed by atoms with Gasteiger partial charge in [-0.2, -0.15) is 23.5 Å². The summed E-state index contributed by atoms with van der Waals surface area (Å²) in [6, 6.07) is 0. The first kappa shape index (κ1) is 47.7. The Balaban J connectivity index is 4.69. The highest BCUT2D eigenvalue weighted by molar-refractivity contribution is 8.00. The fourth-order valence-corrected chi connectivity index (χ4v) is 6.93. The molecule has 3 N–H and O–H groups in total. The lowest BCUT2D eigenvalue weighted by molar-refractivity contribution is -0.150. The Morgan fingerprint density at radius 2 is 1.20 bits per heavy atom. The second kappa shape index (κ2) is 27.4. The summed E-state index contributed by atoms with van der Waals surface area (Å²) < 4.78 is 21.4. The second-order valence-electron chi connectivity index (χ2n) is 14.2. The Bertz CT molecular complexity index is 1010. The van der Waals surface area contributed by atoms with Crippen LogP contribution in [-0.2, 0) is 28.5 Å². The first-order valence-electron chi connectivity index (χ1n) is 18.1. The lowest BCUT2D eigenvalue weighted by Gasteiger charge is -2.22. The third-order valence-corrected chi connectivity index (χ3v) is 10.2. The van der Waals surface area contributed by atoms with Crippen LogP contribution in [0, 0.1) is 12.3 Å². The average molecular weight is 747 g/mol. The van der Waals surface area contributed by atoms with E-state index in [4.69, 9.17) is 25.4 Å². The minimum atomic E-state index is -0.545. The minimum absolute atomic E-state index is 0.0629. The van der Waals surface area contributed by atoms with E-state index in [1.165, 1.54) is 0 Å². The highest BCUT2D eigenvalue weighted by Gasteiger charge is 2.20. The number of carbonyl (C=O) groups is 4. The van der Waals surface area contributed by atoms with Crippen LogP contribution in [0.3, 0.4) is 0 Å². The van der Waals surface area contributed by atoms with Crippen LogP contribution in [-0.4, -0.2) is 94.3 Å². The molecule has 0 aliphatic carbocycles. The van der Waals surface area contributed by atoms with Crippen molar-refractivity contribution in [2.75, 3.05) is 31.2 Å². The smallest absolute Gasteiger partial charge is 0.407 e. The van der Waals surface area contributed by atoms with Crippen LogP contribution in [0.15, 0.2) is 0 Å². The van der Waals surface area contributed by atoms with Crippen molar-refractivity contribution >= 4 is 47.6 Å². The van der Waals surface area contributed by atoms with Crippen LogP contribution in [0.25, 0.3) is 0 Å². The number of esters is 2. The first-order valence-corrected chi connectivity index (χ1v) is 20.2. The number of alkyl carbamates (subject to hydrolysis) is 2. The second-order valence-corrected chi connectivity index (χ2v) is 17.0. The summed E-state index contributed by atoms with van der Waals surface area (Å²) in [7, 11) is 0. The van der Waals surface area contributed by atoms with Gasteiger partial charge in [-0.1, -0.05) is 19.8 Å². The molecule has 0 radical (unpaired) electrons. The molecule has 0 aromatic rings. The van der Waals surface area contributed by atoms with Crippen molar-refractivity contribution in [3.05, 3.63) is 0 Å². The van der Waals surface area contributed by atoms with Crippen molar-refractivity contribution in [1.82, 2.24) is 10.6 Å². The molecular formula is C37H66N2O9S2. The molecule has 4 atom stereocenters. The highest BCUT2D eigenvalue weighted by Crippen LogP contribution is 2.24. The highest BCUT2D eigenvalue weighted by atomic mass is 32.2. The van der Waals surface area contributed by atoms with Gasteiger partial charge in [0.25, 0.3) is 0 Å². The van der Waals surface area contributed by atoms with E-state index in [-0.39, 0.29) is 37.5 Å². The van der Waals surface area contributed by atoms with E-state index in [9.17, 15) is 24.3 Å². The molecule has 0 aliphatic rings. The molecule has 0 saturated carbocycles. The van der Waals surface area contributed by atoms with Gasteiger partial charge in [0.05, 0.1) is 6.10 Å². The SMILES string of the molecule is C#CCOC(=O)CCCC(CCC(CC)SCCNC(=O)OC(C)(C)C)OC(=O)CCCC(O)CCC(CC)SCCNC(=O)OC(C)(C)C. The summed E-state index contributed by atoms with van der Waals surface area (Å²) >= 11 is 3.53. The van der Waals surface area contributed by atoms with Crippen LogP contribution in [0.4, 0.5) is 9.59 Å². The summed E-state index contributed by atoms with van der Waals surface area (Å²) in [5.41, 5.74) is -1.07. The Morgan fingerprint density at radius 3 is 1.68 bits per heavy atom. The zero-order valence-electron chi connectivity index (χ0n) is 31.9. The van der Waals surface area contributed by atoms with Gasteiger partial charge in [0, 0.05) is 47.9 Å². The molecule has 0 spiro atoms. The third kappa shape index (κ3) is 29.4. The lowest BCUT2D eigenvalue weighted by atomic mass is 10.0. The number of thioether (sulfide) groups is 2. The zero-order chi connectivity index (χ0) is 38.0. The Morgan fingerprint density at radius 1 is 0.720 bits per heavy atom. The normalized spacial score (nSPS) is 14.0. The van der Waals surface area contributed by atoms with Gasteiger partial charge >= 0.3 is 24.1 Å². The van der Waals surface area contributed by atoms with Crippen LogP contribution < -0.4 is 10.6 Å². The van der Waals surface area contributed by atoms with Crippen LogP contribution in [0.2, 0.25) is 0 Å². The molecule has 290 valence electrons. The molecule has 0 saturated heterocycles. The molecule has 0 aliphatic heterocycles. The number of rotatable bonds is 26. The van der Waals surface area contributed by atoms with E-state index in [2.05, 4.69) is 30.4 Å². The van der Waals surface area contributed by atoms with Gasteiger partial charge < -0.3 is 34.7 Å². The largest absolute Gasteiger partial charge is 0.462 e. The molecule has 50 heavy (non-hydrogen) atoms. The minimum Gasteiger partial charge on any atom is -0.462 e. The molecule has 0 heterocycles. The predicted molar refractivity (Wildman–Crippen MR) is 203 cm³/mol. The number of hydrogen-bond acceptors (Lipinski definition) is 11. The van der Waals surface area contributed by atoms with Crippen molar-refractivity contribution in [3.8, 4) is 12.3 Å². The molecule has 0 fully saturated rings. The monoisotopic (exact) mass is 746 g/mol. The first-order chi connectivity index (χ1) is 23.5. The molecule has 0 aromatic heterocycles. The summed E-state index contributed by atoms with van der Waals surface area (Å²) in [5, 5.41) is 16.8. The number of aliphatic hydroxyl groups is 1.